The molecule has 0 atom stereocenters. The van der Waals surface area contributed by atoms with Crippen molar-refractivity contribution in [2.45, 2.75) is 26.7 Å². The Morgan fingerprint density at radius 2 is 1.91 bits per heavy atom. The molecule has 1 heterocycles. The van der Waals surface area contributed by atoms with E-state index in [1.165, 1.54) is 0 Å². The minimum atomic E-state index is -0.488. The molecule has 0 fully saturated rings. The summed E-state index contributed by atoms with van der Waals surface area (Å²) >= 11 is 0. The Morgan fingerprint density at radius 3 is 2.27 bits per heavy atom. The smallest absolute Gasteiger partial charge is 0.342 e. The molecule has 0 radical (unpaired) electrons. The quantitative estimate of drug-likeness (QED) is 0.443. The van der Waals surface area contributed by atoms with Gasteiger partial charge in [-0.25, -0.2) is 9.59 Å². The molecule has 3 heteroatoms. The van der Waals surface area contributed by atoms with Crippen molar-refractivity contribution in [2.24, 2.45) is 0 Å². The third-order valence-corrected chi connectivity index (χ3v) is 1.69. The third-order valence-electron chi connectivity index (χ3n) is 1.69. The Balaban J connectivity index is 2.87. The predicted molar refractivity (Wildman–Crippen MR) is 38.7 cm³/mol. The van der Waals surface area contributed by atoms with Crippen molar-refractivity contribution in [3.8, 4) is 0 Å². The van der Waals surface area contributed by atoms with Crippen molar-refractivity contribution in [3.05, 3.63) is 11.1 Å². The molecule has 3 nitrogen and oxygen atoms in total. The zero-order valence-electron chi connectivity index (χ0n) is 6.64. The Morgan fingerprint density at radius 1 is 1.27 bits per heavy atom. The van der Waals surface area contributed by atoms with Crippen molar-refractivity contribution in [2.75, 3.05) is 0 Å². The molecule has 0 aromatic carbocycles. The summed E-state index contributed by atoms with van der Waals surface area (Å²) in [6.45, 7) is 3.58. The van der Waals surface area contributed by atoms with E-state index in [2.05, 4.69) is 4.74 Å². The van der Waals surface area contributed by atoms with Gasteiger partial charge in [0, 0.05) is 11.1 Å². The summed E-state index contributed by atoms with van der Waals surface area (Å²) in [4.78, 5) is 21.7. The molecule has 0 amide bonds. The van der Waals surface area contributed by atoms with Crippen molar-refractivity contribution >= 4 is 11.9 Å². The van der Waals surface area contributed by atoms with Gasteiger partial charge in [-0.05, 0) is 13.3 Å². The standard InChI is InChI=1S/C8H10O3/c1-3-4-6-5(2)7(9)11-8(6)10/h3-4H2,1-2H3. The summed E-state index contributed by atoms with van der Waals surface area (Å²) in [5.41, 5.74) is 1.01. The third kappa shape index (κ3) is 1.31. The lowest BCUT2D eigenvalue weighted by atomic mass is 10.1. The molecule has 11 heavy (non-hydrogen) atoms. The maximum Gasteiger partial charge on any atom is 0.342 e. The van der Waals surface area contributed by atoms with Gasteiger partial charge in [0.05, 0.1) is 0 Å². The van der Waals surface area contributed by atoms with Gasteiger partial charge in [0.1, 0.15) is 0 Å². The van der Waals surface area contributed by atoms with Crippen LogP contribution in [0.3, 0.4) is 0 Å². The molecule has 60 valence electrons. The van der Waals surface area contributed by atoms with Gasteiger partial charge in [-0.1, -0.05) is 13.3 Å². The summed E-state index contributed by atoms with van der Waals surface area (Å²) < 4.78 is 4.39. The van der Waals surface area contributed by atoms with E-state index < -0.39 is 11.9 Å². The lowest BCUT2D eigenvalue weighted by molar-refractivity contribution is -0.151. The minimum Gasteiger partial charge on any atom is -0.386 e. The summed E-state index contributed by atoms with van der Waals surface area (Å²) in [5.74, 6) is -0.951. The number of hydrogen-bond donors (Lipinski definition) is 0. The monoisotopic (exact) mass is 154 g/mol. The zero-order valence-corrected chi connectivity index (χ0v) is 6.64. The van der Waals surface area contributed by atoms with E-state index in [1.54, 1.807) is 6.92 Å². The second-order valence-electron chi connectivity index (χ2n) is 2.53. The molecule has 0 spiro atoms. The lowest BCUT2D eigenvalue weighted by Crippen LogP contribution is -2.01. The lowest BCUT2D eigenvalue weighted by Gasteiger charge is -1.92. The molecule has 1 rings (SSSR count). The van der Waals surface area contributed by atoms with E-state index in [0.717, 1.165) is 6.42 Å². The molecule has 0 aliphatic carbocycles. The van der Waals surface area contributed by atoms with Gasteiger partial charge in [-0.15, -0.1) is 0 Å². The molecule has 0 bridgehead atoms. The second kappa shape index (κ2) is 2.86. The van der Waals surface area contributed by atoms with E-state index in [1.807, 2.05) is 6.92 Å². The van der Waals surface area contributed by atoms with E-state index in [4.69, 9.17) is 0 Å². The van der Waals surface area contributed by atoms with Gasteiger partial charge in [-0.2, -0.15) is 0 Å². The fraction of sp³-hybridized carbons (Fsp3) is 0.500. The highest BCUT2D eigenvalue weighted by atomic mass is 16.6. The first-order valence-corrected chi connectivity index (χ1v) is 3.63. The van der Waals surface area contributed by atoms with Gasteiger partial charge in [0.15, 0.2) is 0 Å². The van der Waals surface area contributed by atoms with Crippen LogP contribution in [0.15, 0.2) is 11.1 Å². The number of carbonyl (C=O) groups excluding carboxylic acids is 2. The van der Waals surface area contributed by atoms with E-state index >= 15 is 0 Å². The van der Waals surface area contributed by atoms with Crippen LogP contribution in [0.5, 0.6) is 0 Å². The Hall–Kier alpha value is -1.12. The van der Waals surface area contributed by atoms with Crippen LogP contribution in [0, 0.1) is 0 Å². The minimum absolute atomic E-state index is 0.464. The van der Waals surface area contributed by atoms with E-state index in [-0.39, 0.29) is 0 Å². The van der Waals surface area contributed by atoms with Gasteiger partial charge in [-0.3, -0.25) is 0 Å². The van der Waals surface area contributed by atoms with Crippen molar-refractivity contribution in [1.82, 2.24) is 0 Å². The number of hydrogen-bond acceptors (Lipinski definition) is 3. The Bertz CT molecular complexity index is 238. The molecule has 1 aliphatic rings. The van der Waals surface area contributed by atoms with Crippen LogP contribution in [0.25, 0.3) is 0 Å². The van der Waals surface area contributed by atoms with Crippen LogP contribution in [-0.2, 0) is 14.3 Å². The molecule has 0 aromatic heterocycles. The first kappa shape index (κ1) is 7.98. The van der Waals surface area contributed by atoms with Gasteiger partial charge >= 0.3 is 11.9 Å². The topological polar surface area (TPSA) is 43.4 Å². The molecule has 0 aromatic rings. The average molecular weight is 154 g/mol. The van der Waals surface area contributed by atoms with Crippen LogP contribution in [0.2, 0.25) is 0 Å². The van der Waals surface area contributed by atoms with Gasteiger partial charge in [0.25, 0.3) is 0 Å². The molecule has 1 aliphatic heterocycles. The highest BCUT2D eigenvalue weighted by Gasteiger charge is 2.28. The van der Waals surface area contributed by atoms with Crippen molar-refractivity contribution in [3.63, 3.8) is 0 Å². The van der Waals surface area contributed by atoms with Crippen molar-refractivity contribution in [1.29, 1.82) is 0 Å². The fourth-order valence-corrected chi connectivity index (χ4v) is 1.04. The Kier molecular flexibility index (Phi) is 2.08. The molecule has 0 unspecified atom stereocenters. The highest BCUT2D eigenvalue weighted by Crippen LogP contribution is 2.20. The molecular weight excluding hydrogens is 144 g/mol. The number of rotatable bonds is 2. The fourth-order valence-electron chi connectivity index (χ4n) is 1.04. The number of cyclic esters (lactones) is 2. The number of esters is 2. The summed E-state index contributed by atoms with van der Waals surface area (Å²) in [5, 5.41) is 0. The van der Waals surface area contributed by atoms with Crippen LogP contribution >= 0.6 is 0 Å². The Labute approximate surface area is 65.0 Å². The number of carbonyl (C=O) groups is 2. The van der Waals surface area contributed by atoms with E-state index in [0.29, 0.717) is 17.6 Å². The summed E-state index contributed by atoms with van der Waals surface area (Å²) in [6.07, 6.45) is 1.49. The maximum atomic E-state index is 10.9. The largest absolute Gasteiger partial charge is 0.386 e. The highest BCUT2D eigenvalue weighted by molar-refractivity contribution is 6.11. The molecule has 0 N–H and O–H groups in total. The zero-order chi connectivity index (χ0) is 8.43. The van der Waals surface area contributed by atoms with Gasteiger partial charge in [0.2, 0.25) is 0 Å². The maximum absolute atomic E-state index is 10.9. The SMILES string of the molecule is CCCC1=C(C)C(=O)OC1=O. The first-order valence-electron chi connectivity index (χ1n) is 3.63. The normalized spacial score (nSPS) is 17.6. The van der Waals surface area contributed by atoms with Crippen LogP contribution in [0.4, 0.5) is 0 Å². The predicted octanol–water partition coefficient (Wildman–Crippen LogP) is 1.19. The molecule has 0 saturated heterocycles. The van der Waals surface area contributed by atoms with Crippen LogP contribution in [0.1, 0.15) is 26.7 Å². The second-order valence-corrected chi connectivity index (χ2v) is 2.53. The first-order chi connectivity index (χ1) is 5.16. The summed E-state index contributed by atoms with van der Waals surface area (Å²) in [6, 6.07) is 0. The number of ether oxygens (including phenoxy) is 1. The van der Waals surface area contributed by atoms with E-state index in [9.17, 15) is 9.59 Å². The molecule has 0 saturated carbocycles. The van der Waals surface area contributed by atoms with Crippen LogP contribution in [-0.4, -0.2) is 11.9 Å². The van der Waals surface area contributed by atoms with Crippen LogP contribution < -0.4 is 0 Å². The van der Waals surface area contributed by atoms with Gasteiger partial charge < -0.3 is 4.74 Å². The summed E-state index contributed by atoms with van der Waals surface area (Å²) in [7, 11) is 0. The average Bonchev–Trinajstić information content (AvgIpc) is 2.17. The molecular formula is C8H10O3. The van der Waals surface area contributed by atoms with Crippen molar-refractivity contribution < 1.29 is 14.3 Å².